The quantitative estimate of drug-likeness (QED) is 0.355. The van der Waals surface area contributed by atoms with Crippen molar-refractivity contribution in [3.05, 3.63) is 24.0 Å². The number of nitrogens with zero attached hydrogens (tertiary/aromatic N) is 3. The van der Waals surface area contributed by atoms with Gasteiger partial charge in [0.25, 0.3) is 0 Å². The van der Waals surface area contributed by atoms with E-state index in [2.05, 4.69) is 37.8 Å². The molecule has 0 aromatic heterocycles. The van der Waals surface area contributed by atoms with Gasteiger partial charge in [0.05, 0.1) is 13.2 Å². The van der Waals surface area contributed by atoms with Gasteiger partial charge in [0, 0.05) is 24.3 Å². The molecule has 2 unspecified atom stereocenters. The number of anilines is 1. The maximum absolute atomic E-state index is 14.2. The highest BCUT2D eigenvalue weighted by molar-refractivity contribution is 6.03. The fraction of sp³-hybridized carbons (Fsp3) is 0.667. The first-order chi connectivity index (χ1) is 16.5. The smallest absolute Gasteiger partial charge is 0.303 e. The van der Waals surface area contributed by atoms with Crippen LogP contribution in [0.5, 0.6) is 5.75 Å². The average Bonchev–Trinajstić information content (AvgIpc) is 3.12. The van der Waals surface area contributed by atoms with Gasteiger partial charge in [-0.15, -0.1) is 0 Å². The van der Waals surface area contributed by atoms with Crippen LogP contribution in [0.2, 0.25) is 0 Å². The Balaban J connectivity index is 1.51. The van der Waals surface area contributed by atoms with Gasteiger partial charge in [-0.05, 0) is 50.9 Å². The summed E-state index contributed by atoms with van der Waals surface area (Å²) in [6.07, 6.45) is 8.94. The Morgan fingerprint density at radius 1 is 1.21 bits per heavy atom. The van der Waals surface area contributed by atoms with Crippen molar-refractivity contribution in [1.29, 1.82) is 0 Å². The van der Waals surface area contributed by atoms with Crippen LogP contribution in [0.15, 0.2) is 28.2 Å². The third kappa shape index (κ3) is 6.37. The predicted molar refractivity (Wildman–Crippen MR) is 132 cm³/mol. The van der Waals surface area contributed by atoms with Crippen LogP contribution in [-0.4, -0.2) is 61.7 Å². The van der Waals surface area contributed by atoms with E-state index in [0.717, 1.165) is 51.7 Å². The van der Waals surface area contributed by atoms with Crippen LogP contribution >= 0.6 is 0 Å². The van der Waals surface area contributed by atoms with Crippen molar-refractivity contribution >= 4 is 17.6 Å². The molecule has 3 aliphatic rings. The van der Waals surface area contributed by atoms with E-state index >= 15 is 0 Å². The number of rotatable bonds is 7. The van der Waals surface area contributed by atoms with Crippen molar-refractivity contribution in [2.24, 2.45) is 15.7 Å². The van der Waals surface area contributed by atoms with Gasteiger partial charge in [0.1, 0.15) is 0 Å². The molecule has 2 atom stereocenters. The molecule has 5 N–H and O–H groups in total. The van der Waals surface area contributed by atoms with E-state index in [1.165, 1.54) is 32.4 Å². The Morgan fingerprint density at radius 3 is 2.71 bits per heavy atom. The van der Waals surface area contributed by atoms with Crippen LogP contribution in [0.25, 0.3) is 0 Å². The summed E-state index contributed by atoms with van der Waals surface area (Å²) in [7, 11) is 1.43. The zero-order valence-corrected chi connectivity index (χ0v) is 20.3. The van der Waals surface area contributed by atoms with E-state index in [1.54, 1.807) is 12.1 Å². The number of nitrogens with one attached hydrogen (secondary N) is 3. The second kappa shape index (κ2) is 11.3. The van der Waals surface area contributed by atoms with E-state index < -0.39 is 11.8 Å². The fourth-order valence-corrected chi connectivity index (χ4v) is 4.95. The second-order valence-electron chi connectivity index (χ2n) is 9.23. The molecule has 2 aliphatic heterocycles. The van der Waals surface area contributed by atoms with Crippen LogP contribution in [0.4, 0.5) is 10.1 Å². The van der Waals surface area contributed by atoms with E-state index in [9.17, 15) is 4.39 Å². The minimum Gasteiger partial charge on any atom is -0.494 e. The Morgan fingerprint density at radius 2 is 2.00 bits per heavy atom. The van der Waals surface area contributed by atoms with Gasteiger partial charge < -0.3 is 20.1 Å². The molecule has 34 heavy (non-hydrogen) atoms. The molecule has 9 nitrogen and oxygen atoms in total. The maximum Gasteiger partial charge on any atom is 0.303 e. The number of halogens is 1. The largest absolute Gasteiger partial charge is 0.494 e. The number of benzene rings is 1. The van der Waals surface area contributed by atoms with Gasteiger partial charge in [-0.25, -0.2) is 4.39 Å². The van der Waals surface area contributed by atoms with E-state index in [0.29, 0.717) is 17.7 Å². The molecule has 2 heterocycles. The average molecular weight is 476 g/mol. The summed E-state index contributed by atoms with van der Waals surface area (Å²) in [6.45, 7) is 5.06. The molecule has 1 aromatic rings. The van der Waals surface area contributed by atoms with Crippen molar-refractivity contribution in [2.75, 3.05) is 32.1 Å². The SMILES string of the molecule is CCN1CCCC1CNC1=NC(Nc2ccc(OC)c(F)c2)=NC(N)(OC2CCCCCC2)N1. The van der Waals surface area contributed by atoms with Gasteiger partial charge in [0.15, 0.2) is 11.6 Å². The number of aliphatic imine (C=N–C) groups is 2. The van der Waals surface area contributed by atoms with Gasteiger partial charge in [-0.2, -0.15) is 9.98 Å². The number of ether oxygens (including phenoxy) is 2. The lowest BCUT2D eigenvalue weighted by Gasteiger charge is -2.35. The first kappa shape index (κ1) is 24.7. The van der Waals surface area contributed by atoms with Crippen molar-refractivity contribution < 1.29 is 13.9 Å². The van der Waals surface area contributed by atoms with Gasteiger partial charge >= 0.3 is 5.97 Å². The van der Waals surface area contributed by atoms with Crippen molar-refractivity contribution in [3.8, 4) is 5.75 Å². The first-order valence-corrected chi connectivity index (χ1v) is 12.5. The zero-order valence-electron chi connectivity index (χ0n) is 20.3. The molecule has 1 saturated heterocycles. The number of methoxy groups -OCH3 is 1. The molecule has 4 rings (SSSR count). The monoisotopic (exact) mass is 475 g/mol. The molecule has 0 radical (unpaired) electrons. The predicted octanol–water partition coefficient (Wildman–Crippen LogP) is 2.94. The first-order valence-electron chi connectivity index (χ1n) is 12.5. The molecular formula is C24H38FN7O2. The molecule has 188 valence electrons. The van der Waals surface area contributed by atoms with Crippen molar-refractivity contribution in [3.63, 3.8) is 0 Å². The molecule has 0 bridgehead atoms. The minimum atomic E-state index is -1.47. The number of hydrogen-bond donors (Lipinski definition) is 4. The zero-order chi connectivity index (χ0) is 24.0. The highest BCUT2D eigenvalue weighted by atomic mass is 19.1. The summed E-state index contributed by atoms with van der Waals surface area (Å²) in [5, 5.41) is 9.63. The molecular weight excluding hydrogens is 437 g/mol. The van der Waals surface area contributed by atoms with Crippen LogP contribution in [0.1, 0.15) is 58.3 Å². The van der Waals surface area contributed by atoms with E-state index in [1.807, 2.05) is 0 Å². The van der Waals surface area contributed by atoms with Gasteiger partial charge in [0.2, 0.25) is 11.9 Å². The molecule has 1 aliphatic carbocycles. The molecule has 0 amide bonds. The molecule has 1 aromatic carbocycles. The lowest BCUT2D eigenvalue weighted by Crippen LogP contribution is -2.64. The number of hydrogen-bond acceptors (Lipinski definition) is 9. The highest BCUT2D eigenvalue weighted by Gasteiger charge is 2.35. The Hall–Kier alpha value is -2.43. The summed E-state index contributed by atoms with van der Waals surface area (Å²) in [5.74, 6) is -1.03. The normalized spacial score (nSPS) is 26.3. The molecule has 10 heteroatoms. The van der Waals surface area contributed by atoms with E-state index in [4.69, 9.17) is 15.2 Å². The van der Waals surface area contributed by atoms with Crippen LogP contribution < -0.4 is 26.4 Å². The molecule has 0 spiro atoms. The topological polar surface area (TPSA) is 109 Å². The Kier molecular flexibility index (Phi) is 8.23. The standard InChI is InChI=1S/C24H38FN7O2/c1-3-32-14-8-9-18(32)16-27-22-29-23(28-17-12-13-21(33-2)20(25)15-17)31-24(26,30-22)34-19-10-6-4-5-7-11-19/h12-13,15,18-19H,3-11,14,16,26H2,1-2H3,(H3,27,28,29,30,31). The Bertz CT molecular complexity index is 888. The van der Waals surface area contributed by atoms with Gasteiger partial charge in [-0.1, -0.05) is 32.6 Å². The van der Waals surface area contributed by atoms with Crippen LogP contribution in [0, 0.1) is 5.82 Å². The summed E-state index contributed by atoms with van der Waals surface area (Å²) in [5.41, 5.74) is 7.09. The summed E-state index contributed by atoms with van der Waals surface area (Å²) in [6, 6.07) is 5.04. The maximum atomic E-state index is 14.2. The number of likely N-dealkylation sites (N-methyl/N-ethyl adjacent to an activating group) is 1. The molecule has 1 saturated carbocycles. The van der Waals surface area contributed by atoms with E-state index in [-0.39, 0.29) is 17.8 Å². The third-order valence-electron chi connectivity index (χ3n) is 6.75. The lowest BCUT2D eigenvalue weighted by molar-refractivity contribution is -0.101. The minimum absolute atomic E-state index is 0.0215. The third-order valence-corrected chi connectivity index (χ3v) is 6.75. The second-order valence-corrected chi connectivity index (χ2v) is 9.23. The fourth-order valence-electron chi connectivity index (χ4n) is 4.95. The Labute approximate surface area is 201 Å². The number of guanidine groups is 2. The van der Waals surface area contributed by atoms with Gasteiger partial charge in [-0.3, -0.25) is 16.0 Å². The van der Waals surface area contributed by atoms with Crippen molar-refractivity contribution in [2.45, 2.75) is 76.4 Å². The highest BCUT2D eigenvalue weighted by Crippen LogP contribution is 2.25. The number of nitrogens with two attached hydrogens (primary N) is 1. The van der Waals surface area contributed by atoms with Crippen molar-refractivity contribution in [1.82, 2.24) is 15.5 Å². The lowest BCUT2D eigenvalue weighted by atomic mass is 10.1. The summed E-state index contributed by atoms with van der Waals surface area (Å²) in [4.78, 5) is 11.6. The molecule has 2 fully saturated rings. The van der Waals surface area contributed by atoms with Crippen LogP contribution in [0.3, 0.4) is 0 Å². The van der Waals surface area contributed by atoms with Crippen LogP contribution in [-0.2, 0) is 4.74 Å². The number of likely N-dealkylation sites (tertiary alicyclic amines) is 1. The summed E-state index contributed by atoms with van der Waals surface area (Å²) < 4.78 is 25.5. The summed E-state index contributed by atoms with van der Waals surface area (Å²) >= 11 is 0.